The summed E-state index contributed by atoms with van der Waals surface area (Å²) in [6, 6.07) is 13.9. The quantitative estimate of drug-likeness (QED) is 0.857. The predicted molar refractivity (Wildman–Crippen MR) is 94.9 cm³/mol. The Bertz CT molecular complexity index is 749. The van der Waals surface area contributed by atoms with Gasteiger partial charge in [0.15, 0.2) is 18.1 Å². The summed E-state index contributed by atoms with van der Waals surface area (Å²) in [4.78, 5) is 24.9. The lowest BCUT2D eigenvalue weighted by Crippen LogP contribution is -2.29. The van der Waals surface area contributed by atoms with Gasteiger partial charge in [0.1, 0.15) is 0 Å². The lowest BCUT2D eigenvalue weighted by molar-refractivity contribution is -0.123. The average Bonchev–Trinajstić information content (AvgIpc) is 2.60. The summed E-state index contributed by atoms with van der Waals surface area (Å²) >= 11 is 6.04. The number of hydrogen-bond acceptors (Lipinski definition) is 4. The normalized spacial score (nSPS) is 10.0. The number of amides is 2. The van der Waals surface area contributed by atoms with Crippen LogP contribution in [0.3, 0.4) is 0 Å². The van der Waals surface area contributed by atoms with E-state index in [-0.39, 0.29) is 18.3 Å². The lowest BCUT2D eigenvalue weighted by atomic mass is 10.2. The molecular formula is C18H19ClN2O4. The van der Waals surface area contributed by atoms with Gasteiger partial charge < -0.3 is 19.7 Å². The molecule has 2 amide bonds. The summed E-state index contributed by atoms with van der Waals surface area (Å²) in [5.41, 5.74) is 0.817. The summed E-state index contributed by atoms with van der Waals surface area (Å²) in [7, 11) is 3.15. The van der Waals surface area contributed by atoms with Gasteiger partial charge in [-0.3, -0.25) is 4.79 Å². The molecule has 0 spiro atoms. The van der Waals surface area contributed by atoms with Crippen molar-refractivity contribution in [1.82, 2.24) is 10.2 Å². The van der Waals surface area contributed by atoms with Gasteiger partial charge in [-0.2, -0.15) is 0 Å². The Morgan fingerprint density at radius 3 is 2.36 bits per heavy atom. The van der Waals surface area contributed by atoms with Crippen LogP contribution in [-0.4, -0.2) is 37.6 Å². The zero-order valence-electron chi connectivity index (χ0n) is 14.0. The SMILES string of the molecule is CN(C)C(=O)Oc1ccccc1OCC(=O)NCc1ccccc1Cl. The third kappa shape index (κ3) is 5.69. The highest BCUT2D eigenvalue weighted by Gasteiger charge is 2.12. The van der Waals surface area contributed by atoms with Gasteiger partial charge >= 0.3 is 6.09 Å². The topological polar surface area (TPSA) is 67.9 Å². The highest BCUT2D eigenvalue weighted by atomic mass is 35.5. The molecule has 1 N–H and O–H groups in total. The summed E-state index contributed by atoms with van der Waals surface area (Å²) in [5, 5.41) is 3.31. The van der Waals surface area contributed by atoms with E-state index in [0.29, 0.717) is 17.3 Å². The van der Waals surface area contributed by atoms with Crippen LogP contribution in [0.2, 0.25) is 5.02 Å². The minimum absolute atomic E-state index is 0.207. The van der Waals surface area contributed by atoms with Crippen LogP contribution in [-0.2, 0) is 11.3 Å². The third-order valence-electron chi connectivity index (χ3n) is 3.20. The van der Waals surface area contributed by atoms with Gasteiger partial charge in [-0.05, 0) is 23.8 Å². The molecule has 0 radical (unpaired) electrons. The van der Waals surface area contributed by atoms with Crippen LogP contribution in [0.15, 0.2) is 48.5 Å². The maximum atomic E-state index is 11.9. The summed E-state index contributed by atoms with van der Waals surface area (Å²) in [5.74, 6) is 0.249. The molecule has 0 atom stereocenters. The average molecular weight is 363 g/mol. The van der Waals surface area contributed by atoms with Crippen LogP contribution in [0.5, 0.6) is 11.5 Å². The summed E-state index contributed by atoms with van der Waals surface area (Å²) < 4.78 is 10.7. The number of nitrogens with one attached hydrogen (secondary N) is 1. The fourth-order valence-corrected chi connectivity index (χ4v) is 2.07. The van der Waals surface area contributed by atoms with E-state index in [9.17, 15) is 9.59 Å². The first-order valence-electron chi connectivity index (χ1n) is 7.58. The largest absolute Gasteiger partial charge is 0.480 e. The molecule has 2 aromatic carbocycles. The van der Waals surface area contributed by atoms with E-state index in [2.05, 4.69) is 5.32 Å². The fourth-order valence-electron chi connectivity index (χ4n) is 1.87. The Labute approximate surface area is 151 Å². The molecule has 0 aliphatic carbocycles. The van der Waals surface area contributed by atoms with Crippen molar-refractivity contribution in [3.05, 3.63) is 59.1 Å². The van der Waals surface area contributed by atoms with Crippen molar-refractivity contribution in [3.8, 4) is 11.5 Å². The lowest BCUT2D eigenvalue weighted by Gasteiger charge is -2.14. The highest BCUT2D eigenvalue weighted by Crippen LogP contribution is 2.26. The van der Waals surface area contributed by atoms with E-state index in [4.69, 9.17) is 21.1 Å². The third-order valence-corrected chi connectivity index (χ3v) is 3.57. The van der Waals surface area contributed by atoms with Crippen molar-refractivity contribution < 1.29 is 19.1 Å². The van der Waals surface area contributed by atoms with Crippen LogP contribution < -0.4 is 14.8 Å². The molecule has 0 heterocycles. The first kappa shape index (κ1) is 18.6. The van der Waals surface area contributed by atoms with E-state index in [1.54, 1.807) is 44.4 Å². The Morgan fingerprint density at radius 1 is 1.04 bits per heavy atom. The van der Waals surface area contributed by atoms with Crippen molar-refractivity contribution in [1.29, 1.82) is 0 Å². The van der Waals surface area contributed by atoms with Crippen molar-refractivity contribution in [2.75, 3.05) is 20.7 Å². The highest BCUT2D eigenvalue weighted by molar-refractivity contribution is 6.31. The second kappa shape index (κ2) is 8.94. The van der Waals surface area contributed by atoms with E-state index in [1.165, 1.54) is 4.90 Å². The second-order valence-electron chi connectivity index (χ2n) is 5.37. The molecule has 0 aromatic heterocycles. The van der Waals surface area contributed by atoms with Crippen molar-refractivity contribution in [3.63, 3.8) is 0 Å². The number of carbonyl (C=O) groups is 2. The fraction of sp³-hybridized carbons (Fsp3) is 0.222. The molecule has 7 heteroatoms. The maximum absolute atomic E-state index is 11.9. The molecule has 0 fully saturated rings. The van der Waals surface area contributed by atoms with Crippen LogP contribution >= 0.6 is 11.6 Å². The number of hydrogen-bond donors (Lipinski definition) is 1. The van der Waals surface area contributed by atoms with Gasteiger partial charge in [0, 0.05) is 25.7 Å². The van der Waals surface area contributed by atoms with Crippen LogP contribution in [0.4, 0.5) is 4.79 Å². The van der Waals surface area contributed by atoms with Crippen molar-refractivity contribution >= 4 is 23.6 Å². The first-order chi connectivity index (χ1) is 12.0. The van der Waals surface area contributed by atoms with Gasteiger partial charge in [0.25, 0.3) is 5.91 Å². The number of benzene rings is 2. The molecule has 132 valence electrons. The van der Waals surface area contributed by atoms with E-state index >= 15 is 0 Å². The number of carbonyl (C=O) groups excluding carboxylic acids is 2. The number of halogens is 1. The van der Waals surface area contributed by atoms with E-state index < -0.39 is 6.09 Å². The zero-order valence-corrected chi connectivity index (χ0v) is 14.7. The number of ether oxygens (including phenoxy) is 2. The van der Waals surface area contributed by atoms with E-state index in [1.807, 2.05) is 18.2 Å². The monoisotopic (exact) mass is 362 g/mol. The van der Waals surface area contributed by atoms with E-state index in [0.717, 1.165) is 5.56 Å². The van der Waals surface area contributed by atoms with Crippen LogP contribution in [0.1, 0.15) is 5.56 Å². The zero-order chi connectivity index (χ0) is 18.2. The molecule has 0 saturated carbocycles. The van der Waals surface area contributed by atoms with Gasteiger partial charge in [-0.25, -0.2) is 4.79 Å². The second-order valence-corrected chi connectivity index (χ2v) is 5.77. The maximum Gasteiger partial charge on any atom is 0.414 e. The van der Waals surface area contributed by atoms with Gasteiger partial charge in [0.2, 0.25) is 0 Å². The molecule has 0 saturated heterocycles. The minimum atomic E-state index is -0.528. The minimum Gasteiger partial charge on any atom is -0.480 e. The van der Waals surface area contributed by atoms with Crippen LogP contribution in [0, 0.1) is 0 Å². The van der Waals surface area contributed by atoms with Crippen molar-refractivity contribution in [2.45, 2.75) is 6.54 Å². The smallest absolute Gasteiger partial charge is 0.414 e. The standard InChI is InChI=1S/C18H19ClN2O4/c1-21(2)18(23)25-16-10-6-5-9-15(16)24-12-17(22)20-11-13-7-3-4-8-14(13)19/h3-10H,11-12H2,1-2H3,(H,20,22). The number of para-hydroxylation sites is 2. The predicted octanol–water partition coefficient (Wildman–Crippen LogP) is 3.10. The summed E-state index contributed by atoms with van der Waals surface area (Å²) in [6.07, 6.45) is -0.528. The molecule has 0 bridgehead atoms. The molecule has 25 heavy (non-hydrogen) atoms. The molecule has 0 unspecified atom stereocenters. The molecule has 6 nitrogen and oxygen atoms in total. The molecule has 2 rings (SSSR count). The van der Waals surface area contributed by atoms with Crippen molar-refractivity contribution in [2.24, 2.45) is 0 Å². The van der Waals surface area contributed by atoms with Gasteiger partial charge in [-0.1, -0.05) is 41.9 Å². The molecular weight excluding hydrogens is 344 g/mol. The number of rotatable bonds is 6. The Kier molecular flexibility index (Phi) is 6.65. The summed E-state index contributed by atoms with van der Waals surface area (Å²) in [6.45, 7) is 0.0973. The molecule has 2 aromatic rings. The van der Waals surface area contributed by atoms with Gasteiger partial charge in [-0.15, -0.1) is 0 Å². The first-order valence-corrected chi connectivity index (χ1v) is 7.96. The molecule has 0 aliphatic rings. The Hall–Kier alpha value is -2.73. The van der Waals surface area contributed by atoms with Crippen LogP contribution in [0.25, 0.3) is 0 Å². The Morgan fingerprint density at radius 2 is 1.68 bits per heavy atom. The van der Waals surface area contributed by atoms with Gasteiger partial charge in [0.05, 0.1) is 0 Å². The number of nitrogens with zero attached hydrogens (tertiary/aromatic N) is 1. The Balaban J connectivity index is 1.89. The molecule has 0 aliphatic heterocycles.